The molecule has 3 heterocycles. The molecule has 1 saturated heterocycles. The van der Waals surface area contributed by atoms with E-state index < -0.39 is 15.1 Å². The lowest BCUT2D eigenvalue weighted by atomic mass is 10.2. The number of sulfone groups is 1. The summed E-state index contributed by atoms with van der Waals surface area (Å²) >= 11 is 0. The minimum Gasteiger partial charge on any atom is -0.275 e. The van der Waals surface area contributed by atoms with Crippen LogP contribution in [0.1, 0.15) is 30.3 Å². The highest BCUT2D eigenvalue weighted by atomic mass is 32.2. The second-order valence-electron chi connectivity index (χ2n) is 4.52. The van der Waals surface area contributed by atoms with Crippen molar-refractivity contribution < 1.29 is 8.42 Å². The predicted molar refractivity (Wildman–Crippen MR) is 66.2 cm³/mol. The lowest BCUT2D eigenvalue weighted by molar-refractivity contribution is 0.538. The molecule has 1 aliphatic heterocycles. The molecule has 2 aromatic heterocycles. The lowest BCUT2D eigenvalue weighted by Gasteiger charge is -2.19. The maximum absolute atomic E-state index is 12.0. The molecule has 1 fully saturated rings. The van der Waals surface area contributed by atoms with E-state index in [1.165, 1.54) is 10.6 Å². The summed E-state index contributed by atoms with van der Waals surface area (Å²) in [7, 11) is -3.15. The van der Waals surface area contributed by atoms with Gasteiger partial charge in [-0.05, 0) is 18.9 Å². The summed E-state index contributed by atoms with van der Waals surface area (Å²) in [5, 5.41) is 2.20. The molecule has 1 atom stereocenters. The molecule has 0 radical (unpaired) electrons. The fourth-order valence-electron chi connectivity index (χ4n) is 2.35. The molecule has 0 saturated carbocycles. The van der Waals surface area contributed by atoms with Crippen molar-refractivity contribution in [2.24, 2.45) is 0 Å². The number of nitrogens with zero attached hydrogens (tertiary/aromatic N) is 2. The summed E-state index contributed by atoms with van der Waals surface area (Å²) < 4.78 is 25.3. The Morgan fingerprint density at radius 1 is 1.33 bits per heavy atom. The van der Waals surface area contributed by atoms with E-state index in [2.05, 4.69) is 10.1 Å². The van der Waals surface area contributed by atoms with Crippen LogP contribution < -0.4 is 5.56 Å². The predicted octanol–water partition coefficient (Wildman–Crippen LogP) is 0.662. The molecule has 1 unspecified atom stereocenters. The van der Waals surface area contributed by atoms with E-state index in [9.17, 15) is 13.2 Å². The largest absolute Gasteiger partial charge is 0.275 e. The number of hydrogen-bond donors (Lipinski definition) is 1. The monoisotopic (exact) mass is 267 g/mol. The molecule has 0 amide bonds. The van der Waals surface area contributed by atoms with E-state index in [0.29, 0.717) is 24.3 Å². The van der Waals surface area contributed by atoms with Gasteiger partial charge >= 0.3 is 0 Å². The Balaban J connectivity index is 2.15. The normalized spacial score (nSPS) is 23.2. The lowest BCUT2D eigenvalue weighted by Crippen LogP contribution is -2.23. The standard InChI is InChI=1S/C11H13N3O3S/c15-10-6-3-5-9-12-11(13-14(9)10)8-4-1-2-7-18(8,16)17/h3,5-6,8H,1-2,4,7H2,(H,12,13). The van der Waals surface area contributed by atoms with Crippen LogP contribution in [0.3, 0.4) is 0 Å². The first-order valence-corrected chi connectivity index (χ1v) is 7.59. The van der Waals surface area contributed by atoms with Gasteiger partial charge in [-0.2, -0.15) is 0 Å². The topological polar surface area (TPSA) is 84.3 Å². The Bertz CT molecular complexity index is 744. The van der Waals surface area contributed by atoms with Gasteiger partial charge in [-0.3, -0.25) is 9.89 Å². The van der Waals surface area contributed by atoms with Gasteiger partial charge in [0.25, 0.3) is 5.56 Å². The summed E-state index contributed by atoms with van der Waals surface area (Å²) in [5.41, 5.74) is 0.220. The third kappa shape index (κ3) is 1.74. The first-order chi connectivity index (χ1) is 8.58. The van der Waals surface area contributed by atoms with Gasteiger partial charge in [-0.15, -0.1) is 0 Å². The number of aromatic nitrogens is 3. The molecule has 96 valence electrons. The highest BCUT2D eigenvalue weighted by Crippen LogP contribution is 2.31. The molecule has 0 bridgehead atoms. The number of rotatable bonds is 1. The van der Waals surface area contributed by atoms with Crippen molar-refractivity contribution in [3.63, 3.8) is 0 Å². The molecule has 0 spiro atoms. The highest BCUT2D eigenvalue weighted by molar-refractivity contribution is 7.91. The van der Waals surface area contributed by atoms with Crippen molar-refractivity contribution in [2.45, 2.75) is 24.5 Å². The molecule has 3 rings (SSSR count). The maximum atomic E-state index is 12.0. The van der Waals surface area contributed by atoms with Crippen molar-refractivity contribution in [3.8, 4) is 0 Å². The van der Waals surface area contributed by atoms with Gasteiger partial charge in [0, 0.05) is 6.07 Å². The molecule has 1 N–H and O–H groups in total. The average molecular weight is 267 g/mol. The summed E-state index contributed by atoms with van der Waals surface area (Å²) in [6, 6.07) is 4.69. The van der Waals surface area contributed by atoms with Crippen molar-refractivity contribution >= 4 is 15.5 Å². The molecule has 1 aliphatic rings. The van der Waals surface area contributed by atoms with Crippen molar-refractivity contribution in [2.75, 3.05) is 5.75 Å². The zero-order chi connectivity index (χ0) is 12.8. The Labute approximate surface area is 104 Å². The van der Waals surface area contributed by atoms with Crippen molar-refractivity contribution in [1.29, 1.82) is 0 Å². The zero-order valence-corrected chi connectivity index (χ0v) is 10.5. The molecule has 18 heavy (non-hydrogen) atoms. The van der Waals surface area contributed by atoms with Gasteiger partial charge in [0.15, 0.2) is 15.5 Å². The Morgan fingerprint density at radius 2 is 2.17 bits per heavy atom. The Hall–Kier alpha value is -1.63. The van der Waals surface area contributed by atoms with Crippen molar-refractivity contribution in [3.05, 3.63) is 34.4 Å². The minimum atomic E-state index is -3.15. The summed E-state index contributed by atoms with van der Waals surface area (Å²) in [6.07, 6.45) is 2.14. The zero-order valence-electron chi connectivity index (χ0n) is 9.67. The van der Waals surface area contributed by atoms with E-state index in [1.807, 2.05) is 0 Å². The molecular weight excluding hydrogens is 254 g/mol. The van der Waals surface area contributed by atoms with Crippen LogP contribution in [0.15, 0.2) is 23.0 Å². The summed E-state index contributed by atoms with van der Waals surface area (Å²) in [6.45, 7) is 0. The van der Waals surface area contributed by atoms with Gasteiger partial charge < -0.3 is 0 Å². The van der Waals surface area contributed by atoms with Gasteiger partial charge in [0.1, 0.15) is 11.1 Å². The number of hydrogen-bond acceptors (Lipinski definition) is 4. The Morgan fingerprint density at radius 3 is 2.89 bits per heavy atom. The van der Waals surface area contributed by atoms with E-state index >= 15 is 0 Å². The van der Waals surface area contributed by atoms with Crippen LogP contribution in [0.2, 0.25) is 0 Å². The van der Waals surface area contributed by atoms with Crippen LogP contribution in [0, 0.1) is 0 Å². The smallest absolute Gasteiger partial charge is 0.271 e. The van der Waals surface area contributed by atoms with Crippen LogP contribution in [0.4, 0.5) is 0 Å². The van der Waals surface area contributed by atoms with E-state index in [4.69, 9.17) is 0 Å². The first kappa shape index (κ1) is 11.5. The SMILES string of the molecule is O=c1cccc2nc(C3CCCCS3(=O)=O)[nH]n12. The maximum Gasteiger partial charge on any atom is 0.271 e. The van der Waals surface area contributed by atoms with Gasteiger partial charge in [0.2, 0.25) is 0 Å². The second kappa shape index (κ2) is 3.94. The molecule has 0 aromatic carbocycles. The summed E-state index contributed by atoms with van der Waals surface area (Å²) in [5.74, 6) is 0.571. The molecule has 6 nitrogen and oxygen atoms in total. The molecule has 7 heteroatoms. The van der Waals surface area contributed by atoms with Gasteiger partial charge in [0.05, 0.1) is 5.75 Å². The van der Waals surface area contributed by atoms with Crippen LogP contribution in [-0.2, 0) is 9.84 Å². The van der Waals surface area contributed by atoms with Crippen molar-refractivity contribution in [1.82, 2.24) is 14.6 Å². The second-order valence-corrected chi connectivity index (χ2v) is 6.82. The third-order valence-corrected chi connectivity index (χ3v) is 5.46. The quantitative estimate of drug-likeness (QED) is 0.822. The van der Waals surface area contributed by atoms with E-state index in [-0.39, 0.29) is 11.3 Å². The van der Waals surface area contributed by atoms with E-state index in [0.717, 1.165) is 6.42 Å². The number of fused-ring (bicyclic) bond motifs is 1. The van der Waals surface area contributed by atoms with Gasteiger partial charge in [-0.1, -0.05) is 12.5 Å². The average Bonchev–Trinajstić information content (AvgIpc) is 2.73. The fourth-order valence-corrected chi connectivity index (χ4v) is 4.21. The third-order valence-electron chi connectivity index (χ3n) is 3.28. The van der Waals surface area contributed by atoms with Crippen LogP contribution in [0.25, 0.3) is 5.65 Å². The Kier molecular flexibility index (Phi) is 2.51. The molecular formula is C11H13N3O3S. The number of pyridine rings is 1. The van der Waals surface area contributed by atoms with Crippen LogP contribution in [0.5, 0.6) is 0 Å². The molecule has 2 aromatic rings. The number of H-pyrrole nitrogens is 1. The summed E-state index contributed by atoms with van der Waals surface area (Å²) in [4.78, 5) is 15.8. The van der Waals surface area contributed by atoms with Crippen LogP contribution >= 0.6 is 0 Å². The first-order valence-electron chi connectivity index (χ1n) is 5.87. The molecule has 0 aliphatic carbocycles. The van der Waals surface area contributed by atoms with Gasteiger partial charge in [-0.25, -0.2) is 17.9 Å². The van der Waals surface area contributed by atoms with Crippen LogP contribution in [-0.4, -0.2) is 28.8 Å². The fraction of sp³-hybridized carbons (Fsp3) is 0.455. The minimum absolute atomic E-state index is 0.198. The highest BCUT2D eigenvalue weighted by Gasteiger charge is 2.32. The number of aromatic amines is 1. The number of nitrogens with one attached hydrogen (secondary N) is 1. The van der Waals surface area contributed by atoms with E-state index in [1.54, 1.807) is 12.1 Å².